The van der Waals surface area contributed by atoms with Crippen molar-refractivity contribution in [3.05, 3.63) is 46.9 Å². The fourth-order valence-electron chi connectivity index (χ4n) is 2.42. The molecule has 4 aromatic rings. The van der Waals surface area contributed by atoms with E-state index >= 15 is 0 Å². The third kappa shape index (κ3) is 2.76. The topological polar surface area (TPSA) is 94.7 Å². The molecule has 0 fully saturated rings. The molecule has 1 aromatic carbocycles. The van der Waals surface area contributed by atoms with E-state index in [9.17, 15) is 14.0 Å². The van der Waals surface area contributed by atoms with Crippen molar-refractivity contribution in [1.82, 2.24) is 24.1 Å². The molecule has 0 saturated carbocycles. The van der Waals surface area contributed by atoms with Gasteiger partial charge < -0.3 is 9.88 Å². The molecular weight excluding hydrogens is 347 g/mol. The molecule has 3 heterocycles. The quantitative estimate of drug-likeness (QED) is 0.599. The van der Waals surface area contributed by atoms with E-state index in [1.807, 2.05) is 0 Å². The van der Waals surface area contributed by atoms with Gasteiger partial charge in [0.25, 0.3) is 5.56 Å². The Bertz CT molecular complexity index is 1180. The van der Waals surface area contributed by atoms with Gasteiger partial charge in [0.15, 0.2) is 16.4 Å². The van der Waals surface area contributed by atoms with Gasteiger partial charge in [0.05, 0.1) is 22.7 Å². The number of fused-ring (bicyclic) bond motifs is 2. The Hall–Kier alpha value is -3.14. The van der Waals surface area contributed by atoms with Gasteiger partial charge in [-0.1, -0.05) is 11.3 Å². The Morgan fingerprint density at radius 2 is 2.16 bits per heavy atom. The average molecular weight is 358 g/mol. The second kappa shape index (κ2) is 5.74. The Labute approximate surface area is 143 Å². The van der Waals surface area contributed by atoms with E-state index in [-0.39, 0.29) is 23.8 Å². The molecule has 1 N–H and O–H groups in total. The smallest absolute Gasteiger partial charge is 0.270 e. The van der Waals surface area contributed by atoms with Crippen LogP contribution in [0.15, 0.2) is 35.5 Å². The lowest BCUT2D eigenvalue weighted by atomic mass is 10.3. The summed E-state index contributed by atoms with van der Waals surface area (Å²) in [6.45, 7) is -0.0357. The van der Waals surface area contributed by atoms with Crippen molar-refractivity contribution in [3.63, 3.8) is 0 Å². The Morgan fingerprint density at radius 3 is 3.00 bits per heavy atom. The molecule has 3 aromatic heterocycles. The van der Waals surface area contributed by atoms with Crippen LogP contribution in [0, 0.1) is 5.82 Å². The minimum absolute atomic E-state index is 0.0357. The number of aryl methyl sites for hydroxylation is 1. The number of carbonyl (C=O) groups excluding carboxylic acids is 1. The number of amides is 1. The highest BCUT2D eigenvalue weighted by atomic mass is 32.1. The molecular formula is C15H11FN6O2S. The summed E-state index contributed by atoms with van der Waals surface area (Å²) in [5.74, 6) is -0.676. The van der Waals surface area contributed by atoms with Crippen LogP contribution in [-0.2, 0) is 18.4 Å². The highest BCUT2D eigenvalue weighted by Gasteiger charge is 2.13. The maximum absolute atomic E-state index is 13.2. The number of anilines is 1. The van der Waals surface area contributed by atoms with Crippen molar-refractivity contribution in [3.8, 4) is 0 Å². The lowest BCUT2D eigenvalue weighted by Crippen LogP contribution is -2.20. The van der Waals surface area contributed by atoms with E-state index in [4.69, 9.17) is 0 Å². The zero-order valence-electron chi connectivity index (χ0n) is 12.9. The maximum Gasteiger partial charge on any atom is 0.270 e. The molecule has 0 aliphatic rings. The Kier molecular flexibility index (Phi) is 3.53. The van der Waals surface area contributed by atoms with E-state index in [1.165, 1.54) is 45.1 Å². The lowest BCUT2D eigenvalue weighted by molar-refractivity contribution is -0.116. The Morgan fingerprint density at radius 1 is 1.32 bits per heavy atom. The second-order valence-corrected chi connectivity index (χ2v) is 6.39. The van der Waals surface area contributed by atoms with E-state index in [2.05, 4.69) is 20.3 Å². The third-order valence-electron chi connectivity index (χ3n) is 3.65. The summed E-state index contributed by atoms with van der Waals surface area (Å²) in [4.78, 5) is 36.2. The first kappa shape index (κ1) is 15.4. The first-order valence-corrected chi connectivity index (χ1v) is 8.06. The van der Waals surface area contributed by atoms with Crippen LogP contribution in [0.4, 0.5) is 9.52 Å². The molecule has 0 atom stereocenters. The number of nitrogens with one attached hydrogen (secondary N) is 1. The molecule has 0 spiro atoms. The number of benzene rings is 1. The molecule has 126 valence electrons. The van der Waals surface area contributed by atoms with Gasteiger partial charge in [-0.25, -0.2) is 19.3 Å². The highest BCUT2D eigenvalue weighted by Crippen LogP contribution is 2.26. The van der Waals surface area contributed by atoms with Gasteiger partial charge in [-0.3, -0.25) is 14.2 Å². The van der Waals surface area contributed by atoms with E-state index < -0.39 is 0 Å². The number of hydrogen-bond acceptors (Lipinski definition) is 6. The first-order valence-electron chi connectivity index (χ1n) is 7.24. The number of carbonyl (C=O) groups is 1. The monoisotopic (exact) mass is 358 g/mol. The molecule has 0 radical (unpaired) electrons. The van der Waals surface area contributed by atoms with Crippen molar-refractivity contribution >= 4 is 43.9 Å². The molecule has 0 saturated heterocycles. The van der Waals surface area contributed by atoms with Crippen molar-refractivity contribution in [1.29, 1.82) is 0 Å². The highest BCUT2D eigenvalue weighted by molar-refractivity contribution is 7.22. The normalized spacial score (nSPS) is 11.3. The zero-order valence-corrected chi connectivity index (χ0v) is 13.7. The van der Waals surface area contributed by atoms with E-state index in [0.29, 0.717) is 26.6 Å². The number of rotatable bonds is 3. The Balaban J connectivity index is 1.57. The van der Waals surface area contributed by atoms with Crippen LogP contribution >= 0.6 is 11.3 Å². The van der Waals surface area contributed by atoms with Gasteiger partial charge in [0.1, 0.15) is 12.4 Å². The summed E-state index contributed by atoms with van der Waals surface area (Å²) >= 11 is 1.19. The van der Waals surface area contributed by atoms with Crippen molar-refractivity contribution in [2.75, 3.05) is 5.32 Å². The maximum atomic E-state index is 13.2. The summed E-state index contributed by atoms with van der Waals surface area (Å²) in [5, 5.41) is 3.07. The minimum atomic E-state index is -0.351. The van der Waals surface area contributed by atoms with Crippen LogP contribution in [0.2, 0.25) is 0 Å². The van der Waals surface area contributed by atoms with Gasteiger partial charge in [-0.2, -0.15) is 0 Å². The van der Waals surface area contributed by atoms with Gasteiger partial charge in [-0.15, -0.1) is 0 Å². The molecule has 4 rings (SSSR count). The molecule has 0 bridgehead atoms. The predicted octanol–water partition coefficient (Wildman–Crippen LogP) is 1.52. The first-order chi connectivity index (χ1) is 12.0. The van der Waals surface area contributed by atoms with Gasteiger partial charge in [0, 0.05) is 7.05 Å². The molecule has 0 aliphatic heterocycles. The minimum Gasteiger partial charge on any atom is -0.304 e. The number of imidazole rings is 1. The average Bonchev–Trinajstić information content (AvgIpc) is 3.14. The fourth-order valence-corrected chi connectivity index (χ4v) is 3.33. The van der Waals surface area contributed by atoms with Crippen LogP contribution in [-0.4, -0.2) is 30.0 Å². The standard InChI is InChI=1S/C15H11FN6O2S/c1-21-12(24)5-17-14-13(21)18-7-22(14)6-11(23)20-15-19-9-3-2-8(16)4-10(9)25-15/h2-5,7H,6H2,1H3,(H,19,20,23). The summed E-state index contributed by atoms with van der Waals surface area (Å²) in [6.07, 6.45) is 2.63. The third-order valence-corrected chi connectivity index (χ3v) is 4.58. The van der Waals surface area contributed by atoms with Crippen molar-refractivity contribution in [2.24, 2.45) is 7.05 Å². The van der Waals surface area contributed by atoms with E-state index in [0.717, 1.165) is 0 Å². The number of nitrogens with zero attached hydrogens (tertiary/aromatic N) is 5. The van der Waals surface area contributed by atoms with Crippen molar-refractivity contribution < 1.29 is 9.18 Å². The number of aromatic nitrogens is 5. The van der Waals surface area contributed by atoms with Gasteiger partial charge in [-0.05, 0) is 18.2 Å². The molecule has 25 heavy (non-hydrogen) atoms. The van der Waals surface area contributed by atoms with Gasteiger partial charge >= 0.3 is 0 Å². The molecule has 10 heteroatoms. The summed E-state index contributed by atoms with van der Waals surface area (Å²) < 4.78 is 16.8. The largest absolute Gasteiger partial charge is 0.304 e. The molecule has 8 nitrogen and oxygen atoms in total. The summed E-state index contributed by atoms with van der Waals surface area (Å²) in [6, 6.07) is 4.25. The van der Waals surface area contributed by atoms with E-state index in [1.54, 1.807) is 13.1 Å². The molecule has 0 aliphatic carbocycles. The molecule has 0 unspecified atom stereocenters. The molecule has 1 amide bonds. The number of halogens is 1. The number of thiazole rings is 1. The fraction of sp³-hybridized carbons (Fsp3) is 0.133. The van der Waals surface area contributed by atoms with Crippen LogP contribution in [0.1, 0.15) is 0 Å². The van der Waals surface area contributed by atoms with Crippen LogP contribution in [0.25, 0.3) is 21.5 Å². The number of hydrogen-bond donors (Lipinski definition) is 1. The summed E-state index contributed by atoms with van der Waals surface area (Å²) in [5.41, 5.74) is 1.18. The van der Waals surface area contributed by atoms with Crippen molar-refractivity contribution in [2.45, 2.75) is 6.54 Å². The zero-order chi connectivity index (χ0) is 17.6. The van der Waals surface area contributed by atoms with Crippen LogP contribution in [0.5, 0.6) is 0 Å². The van der Waals surface area contributed by atoms with Gasteiger partial charge in [0.2, 0.25) is 5.91 Å². The SMILES string of the molecule is Cn1c(=O)cnc2c1ncn2CC(=O)Nc1nc2ccc(F)cc2s1. The summed E-state index contributed by atoms with van der Waals surface area (Å²) in [7, 11) is 1.59. The predicted molar refractivity (Wildman–Crippen MR) is 91.0 cm³/mol. The van der Waals surface area contributed by atoms with Crippen LogP contribution < -0.4 is 10.9 Å². The van der Waals surface area contributed by atoms with Crippen LogP contribution in [0.3, 0.4) is 0 Å². The lowest BCUT2D eigenvalue weighted by Gasteiger charge is -2.04. The second-order valence-electron chi connectivity index (χ2n) is 5.35.